The fourth-order valence-corrected chi connectivity index (χ4v) is 6.21. The first kappa shape index (κ1) is 20.4. The largest absolute Gasteiger partial charge is 0.352 e. The van der Waals surface area contributed by atoms with Gasteiger partial charge < -0.3 is 9.80 Å². The molecular formula is C25H30N4OS. The summed E-state index contributed by atoms with van der Waals surface area (Å²) in [5.74, 6) is 2.94. The first-order valence-corrected chi connectivity index (χ1v) is 12.4. The van der Waals surface area contributed by atoms with E-state index in [9.17, 15) is 4.79 Å². The van der Waals surface area contributed by atoms with Crippen LogP contribution in [0.25, 0.3) is 10.2 Å². The number of nitrogens with zero attached hydrogens (tertiary/aromatic N) is 4. The Morgan fingerprint density at radius 3 is 2.65 bits per heavy atom. The highest BCUT2D eigenvalue weighted by Gasteiger charge is 2.28. The van der Waals surface area contributed by atoms with Gasteiger partial charge in [-0.1, -0.05) is 32.0 Å². The van der Waals surface area contributed by atoms with Crippen LogP contribution in [-0.2, 0) is 19.3 Å². The van der Waals surface area contributed by atoms with Gasteiger partial charge in [-0.15, -0.1) is 11.3 Å². The maximum absolute atomic E-state index is 12.9. The Balaban J connectivity index is 1.44. The Bertz CT molecular complexity index is 1090. The number of anilines is 1. The lowest BCUT2D eigenvalue weighted by Gasteiger charge is -2.36. The maximum atomic E-state index is 12.9. The number of rotatable bonds is 4. The number of amides is 1. The zero-order chi connectivity index (χ0) is 21.4. The first-order chi connectivity index (χ1) is 15.1. The van der Waals surface area contributed by atoms with E-state index in [1.165, 1.54) is 22.2 Å². The highest BCUT2D eigenvalue weighted by molar-refractivity contribution is 7.19. The summed E-state index contributed by atoms with van der Waals surface area (Å²) in [5.41, 5.74) is 2.26. The van der Waals surface area contributed by atoms with Crippen LogP contribution in [0.5, 0.6) is 0 Å². The highest BCUT2D eigenvalue weighted by Crippen LogP contribution is 2.41. The molecule has 6 heteroatoms. The molecule has 1 aliphatic heterocycles. The van der Waals surface area contributed by atoms with Crippen LogP contribution in [0, 0.1) is 5.92 Å². The zero-order valence-electron chi connectivity index (χ0n) is 18.4. The van der Waals surface area contributed by atoms with Crippen molar-refractivity contribution < 1.29 is 4.79 Å². The van der Waals surface area contributed by atoms with Crippen LogP contribution in [0.4, 0.5) is 5.82 Å². The Hall–Kier alpha value is -2.47. The second kappa shape index (κ2) is 8.58. The van der Waals surface area contributed by atoms with Crippen molar-refractivity contribution in [3.8, 4) is 0 Å². The molecule has 0 bridgehead atoms. The van der Waals surface area contributed by atoms with Gasteiger partial charge in [0.15, 0.2) is 0 Å². The Morgan fingerprint density at radius 2 is 1.90 bits per heavy atom. The zero-order valence-corrected chi connectivity index (χ0v) is 19.2. The molecule has 1 saturated heterocycles. The van der Waals surface area contributed by atoms with Gasteiger partial charge in [-0.25, -0.2) is 9.97 Å². The van der Waals surface area contributed by atoms with Crippen molar-refractivity contribution in [1.29, 1.82) is 0 Å². The topological polar surface area (TPSA) is 49.3 Å². The van der Waals surface area contributed by atoms with Crippen molar-refractivity contribution in [3.63, 3.8) is 0 Å². The molecule has 1 fully saturated rings. The first-order valence-electron chi connectivity index (χ1n) is 11.5. The van der Waals surface area contributed by atoms with E-state index in [0.29, 0.717) is 0 Å². The van der Waals surface area contributed by atoms with Crippen molar-refractivity contribution in [3.05, 3.63) is 52.2 Å². The van der Waals surface area contributed by atoms with E-state index in [4.69, 9.17) is 9.97 Å². The quantitative estimate of drug-likeness (QED) is 0.596. The van der Waals surface area contributed by atoms with Crippen LogP contribution in [0.1, 0.15) is 53.3 Å². The summed E-state index contributed by atoms with van der Waals surface area (Å²) in [6.07, 6.45) is 5.50. The van der Waals surface area contributed by atoms with Crippen molar-refractivity contribution in [2.24, 2.45) is 5.92 Å². The van der Waals surface area contributed by atoms with E-state index in [0.717, 1.165) is 79.8 Å². The molecule has 2 aliphatic rings. The Labute approximate surface area is 188 Å². The van der Waals surface area contributed by atoms with Gasteiger partial charge in [0.05, 0.1) is 5.39 Å². The minimum absolute atomic E-state index is 0.127. The molecule has 1 amide bonds. The van der Waals surface area contributed by atoms with E-state index < -0.39 is 0 Å². The number of benzene rings is 1. The maximum Gasteiger partial charge on any atom is 0.253 e. The number of aromatic nitrogens is 2. The second-order valence-electron chi connectivity index (χ2n) is 8.89. The van der Waals surface area contributed by atoms with Gasteiger partial charge >= 0.3 is 0 Å². The molecule has 2 aromatic heterocycles. The van der Waals surface area contributed by atoms with Gasteiger partial charge in [0.1, 0.15) is 16.5 Å². The average Bonchev–Trinajstić information content (AvgIpc) is 3.16. The monoisotopic (exact) mass is 434 g/mol. The van der Waals surface area contributed by atoms with Crippen molar-refractivity contribution in [2.45, 2.75) is 46.0 Å². The molecule has 31 heavy (non-hydrogen) atoms. The molecule has 3 heterocycles. The number of piperazine rings is 1. The van der Waals surface area contributed by atoms with Crippen LogP contribution in [-0.4, -0.2) is 47.0 Å². The molecule has 5 nitrogen and oxygen atoms in total. The van der Waals surface area contributed by atoms with Crippen LogP contribution in [0.2, 0.25) is 0 Å². The smallest absolute Gasteiger partial charge is 0.253 e. The molecule has 0 unspecified atom stereocenters. The molecular weight excluding hydrogens is 404 g/mol. The lowest BCUT2D eigenvalue weighted by Crippen LogP contribution is -2.49. The molecule has 0 radical (unpaired) electrons. The number of hydrogen-bond donors (Lipinski definition) is 0. The van der Waals surface area contributed by atoms with E-state index >= 15 is 0 Å². The van der Waals surface area contributed by atoms with Crippen molar-refractivity contribution in [2.75, 3.05) is 31.1 Å². The van der Waals surface area contributed by atoms with Gasteiger partial charge in [0, 0.05) is 43.0 Å². The molecule has 3 aromatic rings. The average molecular weight is 435 g/mol. The number of carbonyl (C=O) groups excluding carboxylic acids is 1. The lowest BCUT2D eigenvalue weighted by molar-refractivity contribution is 0.0746. The summed E-state index contributed by atoms with van der Waals surface area (Å²) in [6.45, 7) is 7.62. The normalized spacial score (nSPS) is 19.0. The number of carbonyl (C=O) groups is 1. The van der Waals surface area contributed by atoms with Crippen LogP contribution in [0.3, 0.4) is 0 Å². The molecule has 0 saturated carbocycles. The van der Waals surface area contributed by atoms with Gasteiger partial charge in [0.25, 0.3) is 5.91 Å². The number of fused-ring (bicyclic) bond motifs is 3. The molecule has 0 spiro atoms. The summed E-state index contributed by atoms with van der Waals surface area (Å²) in [6, 6.07) is 9.61. The SMILES string of the molecule is CCCc1nc(N2CCN(C(=O)c3ccccc3)CC2)c2c3c(sc2n1)C[C@H](C)CC3. The fraction of sp³-hybridized carbons (Fsp3) is 0.480. The van der Waals surface area contributed by atoms with Gasteiger partial charge in [-0.3, -0.25) is 4.79 Å². The molecule has 5 rings (SSSR count). The second-order valence-corrected chi connectivity index (χ2v) is 9.97. The lowest BCUT2D eigenvalue weighted by atomic mass is 9.89. The standard InChI is InChI=1S/C25H30N4OS/c1-3-7-21-26-23(22-19-11-10-17(2)16-20(19)31-24(22)27-21)28-12-14-29(15-13-28)25(30)18-8-5-4-6-9-18/h4-6,8-9,17H,3,7,10-16H2,1-2H3/t17-/m1/s1. The van der Waals surface area contributed by atoms with Crippen LogP contribution in [0.15, 0.2) is 30.3 Å². The third kappa shape index (κ3) is 3.93. The van der Waals surface area contributed by atoms with E-state index in [1.807, 2.05) is 46.6 Å². The Kier molecular flexibility index (Phi) is 5.65. The third-order valence-corrected chi connectivity index (χ3v) is 7.69. The number of thiophene rings is 1. The molecule has 1 aliphatic carbocycles. The van der Waals surface area contributed by atoms with Gasteiger partial charge in [-0.2, -0.15) is 0 Å². The summed E-state index contributed by atoms with van der Waals surface area (Å²) >= 11 is 1.88. The van der Waals surface area contributed by atoms with Gasteiger partial charge in [-0.05, 0) is 49.3 Å². The molecule has 0 N–H and O–H groups in total. The molecule has 1 aromatic carbocycles. The van der Waals surface area contributed by atoms with Crippen LogP contribution >= 0.6 is 11.3 Å². The Morgan fingerprint density at radius 1 is 1.13 bits per heavy atom. The highest BCUT2D eigenvalue weighted by atomic mass is 32.1. The number of aryl methyl sites for hydroxylation is 2. The summed E-state index contributed by atoms with van der Waals surface area (Å²) < 4.78 is 0. The van der Waals surface area contributed by atoms with E-state index in [2.05, 4.69) is 18.7 Å². The molecule has 1 atom stereocenters. The summed E-state index contributed by atoms with van der Waals surface area (Å²) in [5, 5.41) is 1.29. The van der Waals surface area contributed by atoms with Crippen molar-refractivity contribution in [1.82, 2.24) is 14.9 Å². The predicted octanol–water partition coefficient (Wildman–Crippen LogP) is 4.73. The fourth-order valence-electron chi connectivity index (χ4n) is 4.81. The van der Waals surface area contributed by atoms with E-state index in [1.54, 1.807) is 0 Å². The van der Waals surface area contributed by atoms with Crippen LogP contribution < -0.4 is 4.90 Å². The summed E-state index contributed by atoms with van der Waals surface area (Å²) in [4.78, 5) is 29.9. The molecule has 162 valence electrons. The minimum Gasteiger partial charge on any atom is -0.352 e. The van der Waals surface area contributed by atoms with Crippen molar-refractivity contribution >= 4 is 33.3 Å². The number of hydrogen-bond acceptors (Lipinski definition) is 5. The summed E-state index contributed by atoms with van der Waals surface area (Å²) in [7, 11) is 0. The van der Waals surface area contributed by atoms with E-state index in [-0.39, 0.29) is 5.91 Å². The predicted molar refractivity (Wildman–Crippen MR) is 127 cm³/mol. The minimum atomic E-state index is 0.127. The van der Waals surface area contributed by atoms with Gasteiger partial charge in [0.2, 0.25) is 0 Å². The third-order valence-electron chi connectivity index (χ3n) is 6.54.